The molecule has 1 rings (SSSR count). The first-order valence-corrected chi connectivity index (χ1v) is 4.76. The van der Waals surface area contributed by atoms with Gasteiger partial charge in [0.15, 0.2) is 0 Å². The molecule has 6 heteroatoms. The number of hydrogen-bond donors (Lipinski definition) is 1. The van der Waals surface area contributed by atoms with Gasteiger partial charge in [0.2, 0.25) is 0 Å². The van der Waals surface area contributed by atoms with E-state index in [1.54, 1.807) is 6.07 Å². The lowest BCUT2D eigenvalue weighted by atomic mass is 10.2. The van der Waals surface area contributed by atoms with Crippen molar-refractivity contribution in [2.45, 2.75) is 25.6 Å². The van der Waals surface area contributed by atoms with Crippen molar-refractivity contribution in [3.8, 4) is 5.75 Å². The van der Waals surface area contributed by atoms with E-state index >= 15 is 0 Å². The molecule has 0 fully saturated rings. The molecule has 0 aliphatic carbocycles. The van der Waals surface area contributed by atoms with Gasteiger partial charge in [0.25, 0.3) is 0 Å². The Morgan fingerprint density at radius 2 is 2.12 bits per heavy atom. The van der Waals surface area contributed by atoms with Crippen LogP contribution in [0.4, 0.5) is 13.2 Å². The molecule has 0 saturated carbocycles. The first kappa shape index (κ1) is 12.8. The average Bonchev–Trinajstić information content (AvgIpc) is 2.23. The fourth-order valence-corrected chi connectivity index (χ4v) is 1.12. The monoisotopic (exact) mass is 235 g/mol. The standard InChI is InChI=1S/C10H12F3NO2/c11-10(12,13)3-1-5-16-9-6-14-4-2-8(9)7-15/h2,4,6,15H,1,3,5,7H2. The van der Waals surface area contributed by atoms with E-state index in [-0.39, 0.29) is 19.6 Å². The molecule has 1 N–H and O–H groups in total. The lowest BCUT2D eigenvalue weighted by Gasteiger charge is -2.10. The van der Waals surface area contributed by atoms with Crippen LogP contribution in [-0.2, 0) is 6.61 Å². The van der Waals surface area contributed by atoms with Crippen molar-refractivity contribution in [3.05, 3.63) is 24.0 Å². The molecule has 1 aromatic rings. The Balaban J connectivity index is 2.37. The van der Waals surface area contributed by atoms with Crippen LogP contribution in [0.1, 0.15) is 18.4 Å². The van der Waals surface area contributed by atoms with Gasteiger partial charge in [-0.05, 0) is 12.5 Å². The maximum atomic E-state index is 11.8. The number of ether oxygens (including phenoxy) is 1. The molecule has 1 aromatic heterocycles. The maximum Gasteiger partial charge on any atom is 0.389 e. The second-order valence-corrected chi connectivity index (χ2v) is 3.21. The van der Waals surface area contributed by atoms with Crippen molar-refractivity contribution >= 4 is 0 Å². The topological polar surface area (TPSA) is 42.4 Å². The van der Waals surface area contributed by atoms with Crippen molar-refractivity contribution < 1.29 is 23.0 Å². The summed E-state index contributed by atoms with van der Waals surface area (Å²) >= 11 is 0. The van der Waals surface area contributed by atoms with Crippen LogP contribution < -0.4 is 4.74 Å². The largest absolute Gasteiger partial charge is 0.492 e. The number of halogens is 3. The third-order valence-electron chi connectivity index (χ3n) is 1.90. The third-order valence-corrected chi connectivity index (χ3v) is 1.90. The molecule has 90 valence electrons. The number of nitrogens with zero attached hydrogens (tertiary/aromatic N) is 1. The quantitative estimate of drug-likeness (QED) is 0.796. The second-order valence-electron chi connectivity index (χ2n) is 3.21. The first-order chi connectivity index (χ1) is 7.53. The minimum Gasteiger partial charge on any atom is -0.492 e. The fourth-order valence-electron chi connectivity index (χ4n) is 1.12. The zero-order valence-electron chi connectivity index (χ0n) is 8.50. The lowest BCUT2D eigenvalue weighted by Crippen LogP contribution is -2.10. The van der Waals surface area contributed by atoms with E-state index in [2.05, 4.69) is 4.98 Å². The summed E-state index contributed by atoms with van der Waals surface area (Å²) in [4.78, 5) is 3.76. The predicted octanol–water partition coefficient (Wildman–Crippen LogP) is 2.30. The highest BCUT2D eigenvalue weighted by atomic mass is 19.4. The molecule has 1 heterocycles. The summed E-state index contributed by atoms with van der Waals surface area (Å²) in [5.74, 6) is 0.326. The van der Waals surface area contributed by atoms with Crippen molar-refractivity contribution in [2.75, 3.05) is 6.61 Å². The number of aliphatic hydroxyl groups excluding tert-OH is 1. The fraction of sp³-hybridized carbons (Fsp3) is 0.500. The Bertz CT molecular complexity index is 328. The van der Waals surface area contributed by atoms with E-state index in [1.807, 2.05) is 0 Å². The van der Waals surface area contributed by atoms with Gasteiger partial charge >= 0.3 is 6.18 Å². The van der Waals surface area contributed by atoms with Crippen molar-refractivity contribution in [1.82, 2.24) is 4.98 Å². The number of hydrogen-bond acceptors (Lipinski definition) is 3. The molecule has 0 aromatic carbocycles. The van der Waals surface area contributed by atoms with E-state index in [0.29, 0.717) is 11.3 Å². The Labute approximate surface area is 90.9 Å². The van der Waals surface area contributed by atoms with Crippen molar-refractivity contribution in [3.63, 3.8) is 0 Å². The summed E-state index contributed by atoms with van der Waals surface area (Å²) in [5.41, 5.74) is 0.516. The molecule has 0 aliphatic heterocycles. The van der Waals surface area contributed by atoms with Crippen LogP contribution in [0, 0.1) is 0 Å². The third kappa shape index (κ3) is 4.48. The zero-order valence-corrected chi connectivity index (χ0v) is 8.50. The Kier molecular flexibility index (Phi) is 4.54. The van der Waals surface area contributed by atoms with Crippen LogP contribution in [0.2, 0.25) is 0 Å². The van der Waals surface area contributed by atoms with E-state index in [0.717, 1.165) is 0 Å². The first-order valence-electron chi connectivity index (χ1n) is 4.76. The summed E-state index contributed by atoms with van der Waals surface area (Å²) in [6, 6.07) is 1.55. The SMILES string of the molecule is OCc1ccncc1OCCCC(F)(F)F. The van der Waals surface area contributed by atoms with Gasteiger partial charge in [-0.25, -0.2) is 0 Å². The summed E-state index contributed by atoms with van der Waals surface area (Å²) in [7, 11) is 0. The Morgan fingerprint density at radius 3 is 2.75 bits per heavy atom. The summed E-state index contributed by atoms with van der Waals surface area (Å²) in [6.45, 7) is -0.269. The highest BCUT2D eigenvalue weighted by Gasteiger charge is 2.26. The molecular formula is C10H12F3NO2. The average molecular weight is 235 g/mol. The smallest absolute Gasteiger partial charge is 0.389 e. The Hall–Kier alpha value is -1.30. The van der Waals surface area contributed by atoms with Gasteiger partial charge in [-0.1, -0.05) is 0 Å². The van der Waals surface area contributed by atoms with E-state index in [1.165, 1.54) is 12.4 Å². The molecule has 16 heavy (non-hydrogen) atoms. The predicted molar refractivity (Wildman–Crippen MR) is 50.9 cm³/mol. The molecule has 0 saturated heterocycles. The minimum absolute atomic E-state index is 0.0434. The van der Waals surface area contributed by atoms with E-state index < -0.39 is 12.6 Å². The summed E-state index contributed by atoms with van der Waals surface area (Å²) in [5, 5.41) is 8.92. The van der Waals surface area contributed by atoms with Crippen LogP contribution in [0.15, 0.2) is 18.5 Å². The molecular weight excluding hydrogens is 223 g/mol. The minimum atomic E-state index is -4.15. The van der Waals surface area contributed by atoms with Crippen molar-refractivity contribution in [2.24, 2.45) is 0 Å². The normalized spacial score (nSPS) is 11.5. The zero-order chi connectivity index (χ0) is 12.0. The van der Waals surface area contributed by atoms with Gasteiger partial charge in [0.1, 0.15) is 5.75 Å². The molecule has 0 atom stereocenters. The Morgan fingerprint density at radius 1 is 1.38 bits per heavy atom. The second kappa shape index (κ2) is 5.69. The highest BCUT2D eigenvalue weighted by Crippen LogP contribution is 2.22. The number of aromatic nitrogens is 1. The number of rotatable bonds is 5. The van der Waals surface area contributed by atoms with Crippen molar-refractivity contribution in [1.29, 1.82) is 0 Å². The van der Waals surface area contributed by atoms with E-state index in [4.69, 9.17) is 9.84 Å². The van der Waals surface area contributed by atoms with Crippen LogP contribution >= 0.6 is 0 Å². The lowest BCUT2D eigenvalue weighted by molar-refractivity contribution is -0.136. The van der Waals surface area contributed by atoms with Crippen LogP contribution in [0.5, 0.6) is 5.75 Å². The maximum absolute atomic E-state index is 11.8. The van der Waals surface area contributed by atoms with Gasteiger partial charge in [-0.3, -0.25) is 4.98 Å². The van der Waals surface area contributed by atoms with E-state index in [9.17, 15) is 13.2 Å². The van der Waals surface area contributed by atoms with Gasteiger partial charge in [0, 0.05) is 18.2 Å². The molecule has 0 radical (unpaired) electrons. The van der Waals surface area contributed by atoms with Crippen LogP contribution in [-0.4, -0.2) is 22.9 Å². The molecule has 0 bridgehead atoms. The van der Waals surface area contributed by atoms with Crippen LogP contribution in [0.3, 0.4) is 0 Å². The summed E-state index contributed by atoms with van der Waals surface area (Å²) < 4.78 is 40.6. The molecule has 0 amide bonds. The molecule has 0 aliphatic rings. The van der Waals surface area contributed by atoms with Crippen LogP contribution in [0.25, 0.3) is 0 Å². The number of aliphatic hydroxyl groups is 1. The number of pyridine rings is 1. The summed E-state index contributed by atoms with van der Waals surface area (Å²) in [6.07, 6.45) is -2.28. The molecule has 3 nitrogen and oxygen atoms in total. The van der Waals surface area contributed by atoms with Gasteiger partial charge in [0.05, 0.1) is 19.4 Å². The van der Waals surface area contributed by atoms with Gasteiger partial charge in [-0.15, -0.1) is 0 Å². The number of alkyl halides is 3. The molecule has 0 unspecified atom stereocenters. The highest BCUT2D eigenvalue weighted by molar-refractivity contribution is 5.28. The molecule has 0 spiro atoms. The van der Waals surface area contributed by atoms with Gasteiger partial charge in [-0.2, -0.15) is 13.2 Å². The van der Waals surface area contributed by atoms with Gasteiger partial charge < -0.3 is 9.84 Å².